The van der Waals surface area contributed by atoms with Crippen LogP contribution in [0, 0.1) is 0 Å². The maximum atomic E-state index is 12.7. The molecule has 2 aromatic carbocycles. The fourth-order valence-corrected chi connectivity index (χ4v) is 3.18. The van der Waals surface area contributed by atoms with E-state index in [0.29, 0.717) is 34.9 Å². The number of amides is 2. The van der Waals surface area contributed by atoms with Gasteiger partial charge >= 0.3 is 12.0 Å². The number of hydrogen-bond donors (Lipinski definition) is 2. The molecule has 1 unspecified atom stereocenters. The van der Waals surface area contributed by atoms with Crippen LogP contribution in [-0.2, 0) is 9.53 Å². The average Bonchev–Trinajstić information content (AvgIpc) is 2.73. The molecule has 1 atom stereocenters. The zero-order chi connectivity index (χ0) is 20.1. The lowest BCUT2D eigenvalue weighted by atomic mass is 9.92. The molecule has 3 rings (SSSR count). The molecule has 0 radical (unpaired) electrons. The molecule has 1 aliphatic rings. The highest BCUT2D eigenvalue weighted by Gasteiger charge is 2.36. The zero-order valence-corrected chi connectivity index (χ0v) is 15.9. The summed E-state index contributed by atoms with van der Waals surface area (Å²) in [5.74, 6) is 0.424. The number of methoxy groups -OCH3 is 2. The van der Waals surface area contributed by atoms with Gasteiger partial charge in [-0.25, -0.2) is 9.59 Å². The van der Waals surface area contributed by atoms with Crippen molar-refractivity contribution in [2.24, 2.45) is 0 Å². The second-order valence-electron chi connectivity index (χ2n) is 5.99. The molecule has 2 N–H and O–H groups in total. The molecule has 0 fully saturated rings. The first-order valence-corrected chi connectivity index (χ1v) is 8.85. The second kappa shape index (κ2) is 8.47. The first kappa shape index (κ1) is 19.3. The summed E-state index contributed by atoms with van der Waals surface area (Å²) in [5.41, 5.74) is 1.97. The maximum absolute atomic E-state index is 12.7. The van der Waals surface area contributed by atoms with E-state index < -0.39 is 18.0 Å². The summed E-state index contributed by atoms with van der Waals surface area (Å²) in [7, 11) is 2.84. The molecule has 0 aromatic heterocycles. The van der Waals surface area contributed by atoms with Crippen LogP contribution in [0.15, 0.2) is 54.1 Å². The fourth-order valence-electron chi connectivity index (χ4n) is 3.18. The van der Waals surface area contributed by atoms with Gasteiger partial charge in [-0.05, 0) is 18.6 Å². The second-order valence-corrected chi connectivity index (χ2v) is 5.99. The topological polar surface area (TPSA) is 85.9 Å². The fraction of sp³-hybridized carbons (Fsp3) is 0.238. The predicted octanol–water partition coefficient (Wildman–Crippen LogP) is 3.03. The van der Waals surface area contributed by atoms with Crippen molar-refractivity contribution in [1.82, 2.24) is 10.6 Å². The molecule has 0 saturated carbocycles. The molecular weight excluding hydrogens is 360 g/mol. The van der Waals surface area contributed by atoms with Gasteiger partial charge in [0.1, 0.15) is 0 Å². The number of rotatable bonds is 6. The van der Waals surface area contributed by atoms with Crippen molar-refractivity contribution >= 4 is 17.7 Å². The molecule has 7 nitrogen and oxygen atoms in total. The summed E-state index contributed by atoms with van der Waals surface area (Å²) in [6.45, 7) is 2.25. The third kappa shape index (κ3) is 3.64. The van der Waals surface area contributed by atoms with E-state index in [4.69, 9.17) is 14.2 Å². The number of para-hydroxylation sites is 1. The normalized spacial score (nSPS) is 16.1. The van der Waals surface area contributed by atoms with Crippen molar-refractivity contribution in [3.63, 3.8) is 0 Å². The molecule has 2 amide bonds. The minimum Gasteiger partial charge on any atom is -0.493 e. The Bertz CT molecular complexity index is 908. The van der Waals surface area contributed by atoms with Crippen LogP contribution in [0.5, 0.6) is 11.5 Å². The van der Waals surface area contributed by atoms with Gasteiger partial charge < -0.3 is 24.8 Å². The van der Waals surface area contributed by atoms with E-state index in [0.717, 1.165) is 0 Å². The summed E-state index contributed by atoms with van der Waals surface area (Å²) in [6.07, 6.45) is 0. The van der Waals surface area contributed by atoms with Gasteiger partial charge in [0.2, 0.25) is 0 Å². The van der Waals surface area contributed by atoms with Gasteiger partial charge in [-0.1, -0.05) is 42.5 Å². The summed E-state index contributed by atoms with van der Waals surface area (Å²) in [4.78, 5) is 25.2. The van der Waals surface area contributed by atoms with Crippen molar-refractivity contribution in [2.75, 3.05) is 20.8 Å². The van der Waals surface area contributed by atoms with Crippen LogP contribution < -0.4 is 20.1 Å². The summed E-state index contributed by atoms with van der Waals surface area (Å²) in [5, 5.41) is 5.54. The van der Waals surface area contributed by atoms with Crippen LogP contribution in [0.1, 0.15) is 24.1 Å². The van der Waals surface area contributed by atoms with E-state index >= 15 is 0 Å². The molecule has 1 aliphatic heterocycles. The predicted molar refractivity (Wildman–Crippen MR) is 104 cm³/mol. The van der Waals surface area contributed by atoms with Crippen LogP contribution in [0.3, 0.4) is 0 Å². The van der Waals surface area contributed by atoms with Gasteiger partial charge in [-0.3, -0.25) is 0 Å². The number of carbonyl (C=O) groups is 2. The van der Waals surface area contributed by atoms with Crippen LogP contribution in [-0.4, -0.2) is 32.8 Å². The molecule has 1 heterocycles. The zero-order valence-electron chi connectivity index (χ0n) is 15.9. The smallest absolute Gasteiger partial charge is 0.338 e. The van der Waals surface area contributed by atoms with Crippen LogP contribution in [0.25, 0.3) is 5.70 Å². The average molecular weight is 382 g/mol. The first-order chi connectivity index (χ1) is 13.6. The Morgan fingerprint density at radius 1 is 1.07 bits per heavy atom. The van der Waals surface area contributed by atoms with E-state index in [2.05, 4.69) is 10.6 Å². The molecular formula is C21H22N2O5. The van der Waals surface area contributed by atoms with Crippen molar-refractivity contribution in [2.45, 2.75) is 13.0 Å². The lowest BCUT2D eigenvalue weighted by Gasteiger charge is -2.30. The molecule has 0 saturated heterocycles. The van der Waals surface area contributed by atoms with Gasteiger partial charge in [-0.15, -0.1) is 0 Å². The lowest BCUT2D eigenvalue weighted by molar-refractivity contribution is -0.136. The van der Waals surface area contributed by atoms with Crippen LogP contribution in [0.4, 0.5) is 4.79 Å². The Morgan fingerprint density at radius 3 is 2.46 bits per heavy atom. The molecule has 7 heteroatoms. The number of benzene rings is 2. The molecule has 0 bridgehead atoms. The Balaban J connectivity index is 2.24. The van der Waals surface area contributed by atoms with Crippen molar-refractivity contribution in [1.29, 1.82) is 0 Å². The van der Waals surface area contributed by atoms with Gasteiger partial charge in [-0.2, -0.15) is 0 Å². The monoisotopic (exact) mass is 382 g/mol. The number of nitrogens with one attached hydrogen (secondary N) is 2. The highest BCUT2D eigenvalue weighted by atomic mass is 16.5. The SMILES string of the molecule is CCOc1c(OC)cccc1C1NC(=O)NC(c2ccccc2)=C1C(=O)OC. The number of hydrogen-bond acceptors (Lipinski definition) is 5. The molecule has 2 aromatic rings. The van der Waals surface area contributed by atoms with Crippen molar-refractivity contribution < 1.29 is 23.8 Å². The van der Waals surface area contributed by atoms with E-state index in [9.17, 15) is 9.59 Å². The van der Waals surface area contributed by atoms with Crippen molar-refractivity contribution in [3.05, 3.63) is 65.2 Å². The Morgan fingerprint density at radius 2 is 1.82 bits per heavy atom. The van der Waals surface area contributed by atoms with Gasteiger partial charge in [0.25, 0.3) is 0 Å². The number of ether oxygens (including phenoxy) is 3. The van der Waals surface area contributed by atoms with E-state index in [-0.39, 0.29) is 5.57 Å². The summed E-state index contributed by atoms with van der Waals surface area (Å²) >= 11 is 0. The number of carbonyl (C=O) groups excluding carboxylic acids is 2. The van der Waals surface area contributed by atoms with Gasteiger partial charge in [0.05, 0.1) is 38.1 Å². The first-order valence-electron chi connectivity index (χ1n) is 8.85. The van der Waals surface area contributed by atoms with E-state index in [1.165, 1.54) is 14.2 Å². The Labute approximate surface area is 163 Å². The van der Waals surface area contributed by atoms with Gasteiger partial charge in [0, 0.05) is 5.56 Å². The van der Waals surface area contributed by atoms with E-state index in [1.54, 1.807) is 18.2 Å². The number of urea groups is 1. The third-order valence-corrected chi connectivity index (χ3v) is 4.37. The highest BCUT2D eigenvalue weighted by molar-refractivity contribution is 6.04. The van der Waals surface area contributed by atoms with Crippen LogP contribution in [0.2, 0.25) is 0 Å². The Hall–Kier alpha value is -3.48. The quantitative estimate of drug-likeness (QED) is 0.750. The molecule has 0 aliphatic carbocycles. The highest BCUT2D eigenvalue weighted by Crippen LogP contribution is 2.40. The molecule has 146 valence electrons. The summed E-state index contributed by atoms with van der Waals surface area (Å²) < 4.78 is 16.2. The van der Waals surface area contributed by atoms with Gasteiger partial charge in [0.15, 0.2) is 11.5 Å². The standard InChI is InChI=1S/C21H22N2O5/c1-4-28-19-14(11-8-12-15(19)26-2)18-16(20(24)27-3)17(22-21(25)23-18)13-9-6-5-7-10-13/h5-12,18H,4H2,1-3H3,(H2,22,23,25). The number of esters is 1. The van der Waals surface area contributed by atoms with Crippen LogP contribution >= 0.6 is 0 Å². The minimum absolute atomic E-state index is 0.280. The third-order valence-electron chi connectivity index (χ3n) is 4.37. The summed E-state index contributed by atoms with van der Waals surface area (Å²) in [6, 6.07) is 13.3. The maximum Gasteiger partial charge on any atom is 0.338 e. The molecule has 28 heavy (non-hydrogen) atoms. The lowest BCUT2D eigenvalue weighted by Crippen LogP contribution is -2.45. The molecule has 0 spiro atoms. The Kier molecular flexibility index (Phi) is 5.84. The minimum atomic E-state index is -0.770. The van der Waals surface area contributed by atoms with E-state index in [1.807, 2.05) is 37.3 Å². The largest absolute Gasteiger partial charge is 0.493 e. The van der Waals surface area contributed by atoms with Crippen molar-refractivity contribution in [3.8, 4) is 11.5 Å².